The van der Waals surface area contributed by atoms with Gasteiger partial charge in [0.15, 0.2) is 0 Å². The highest BCUT2D eigenvalue weighted by Gasteiger charge is 2.20. The maximum Gasteiger partial charge on any atom is 0.407 e. The Bertz CT molecular complexity index is 365. The summed E-state index contributed by atoms with van der Waals surface area (Å²) in [6.45, 7) is 3.57. The third kappa shape index (κ3) is 2.97. The van der Waals surface area contributed by atoms with E-state index in [1.54, 1.807) is 6.92 Å². The number of aryl methyl sites for hydroxylation is 1. The lowest BCUT2D eigenvalue weighted by molar-refractivity contribution is 0.0124. The van der Waals surface area contributed by atoms with Gasteiger partial charge in [0.05, 0.1) is 0 Å². The van der Waals surface area contributed by atoms with Gasteiger partial charge in [-0.15, -0.1) is 0 Å². The summed E-state index contributed by atoms with van der Waals surface area (Å²) in [6.07, 6.45) is -1.93. The van der Waals surface area contributed by atoms with Crippen LogP contribution in [0.25, 0.3) is 0 Å². The molecular formula is C12H17NO3. The van der Waals surface area contributed by atoms with Gasteiger partial charge >= 0.3 is 6.09 Å². The van der Waals surface area contributed by atoms with E-state index in [9.17, 15) is 9.90 Å². The Morgan fingerprint density at radius 2 is 2.06 bits per heavy atom. The summed E-state index contributed by atoms with van der Waals surface area (Å²) in [6, 6.07) is 7.48. The summed E-state index contributed by atoms with van der Waals surface area (Å²) in [5.41, 5.74) is 1.75. The second kappa shape index (κ2) is 5.51. The predicted molar refractivity (Wildman–Crippen MR) is 61.1 cm³/mol. The molecule has 1 aromatic rings. The molecule has 1 rings (SSSR count). The van der Waals surface area contributed by atoms with Crippen LogP contribution in [0.2, 0.25) is 0 Å². The molecule has 16 heavy (non-hydrogen) atoms. The number of nitrogens with one attached hydrogen (secondary N) is 1. The molecule has 0 unspecified atom stereocenters. The molecular weight excluding hydrogens is 206 g/mol. The van der Waals surface area contributed by atoms with Gasteiger partial charge in [-0.2, -0.15) is 0 Å². The first-order valence-corrected chi connectivity index (χ1v) is 5.18. The van der Waals surface area contributed by atoms with Crippen LogP contribution in [0.5, 0.6) is 0 Å². The lowest BCUT2D eigenvalue weighted by Gasteiger charge is -2.20. The van der Waals surface area contributed by atoms with Crippen molar-refractivity contribution in [1.29, 1.82) is 0 Å². The highest BCUT2D eigenvalue weighted by atomic mass is 16.6. The Labute approximate surface area is 95.2 Å². The Kier molecular flexibility index (Phi) is 4.31. The average Bonchev–Trinajstić information content (AvgIpc) is 2.28. The van der Waals surface area contributed by atoms with Gasteiger partial charge in [0, 0.05) is 7.05 Å². The maximum atomic E-state index is 11.0. The number of benzene rings is 1. The number of carbonyl (C=O) groups is 1. The Morgan fingerprint density at radius 1 is 1.44 bits per heavy atom. The first kappa shape index (κ1) is 12.5. The summed E-state index contributed by atoms with van der Waals surface area (Å²) >= 11 is 0. The standard InChI is InChI=1S/C12H17NO3/c1-8-6-4-5-7-10(8)11(14)9(2)16-12(15)13-3/h4-7,9,11,14H,1-3H3,(H,13,15)/t9-,11+/m0/s1. The van der Waals surface area contributed by atoms with E-state index in [0.29, 0.717) is 0 Å². The molecule has 0 fully saturated rings. The molecule has 1 amide bonds. The number of amides is 1. The SMILES string of the molecule is CNC(=O)O[C@@H](C)[C@@H](O)c1ccccc1C. The van der Waals surface area contributed by atoms with E-state index in [1.807, 2.05) is 31.2 Å². The van der Waals surface area contributed by atoms with Gasteiger partial charge in [0.1, 0.15) is 12.2 Å². The van der Waals surface area contributed by atoms with E-state index in [0.717, 1.165) is 11.1 Å². The molecule has 0 aliphatic rings. The van der Waals surface area contributed by atoms with Gasteiger partial charge in [-0.25, -0.2) is 4.79 Å². The van der Waals surface area contributed by atoms with Crippen LogP contribution >= 0.6 is 0 Å². The van der Waals surface area contributed by atoms with Gasteiger partial charge in [0.2, 0.25) is 0 Å². The summed E-state index contributed by atoms with van der Waals surface area (Å²) < 4.78 is 4.97. The number of hydrogen-bond acceptors (Lipinski definition) is 3. The Hall–Kier alpha value is -1.55. The van der Waals surface area contributed by atoms with E-state index >= 15 is 0 Å². The maximum absolute atomic E-state index is 11.0. The van der Waals surface area contributed by atoms with Gasteiger partial charge in [0.25, 0.3) is 0 Å². The first-order valence-electron chi connectivity index (χ1n) is 5.18. The molecule has 0 bridgehead atoms. The van der Waals surface area contributed by atoms with Gasteiger partial charge in [-0.1, -0.05) is 24.3 Å². The zero-order chi connectivity index (χ0) is 12.1. The van der Waals surface area contributed by atoms with Crippen molar-refractivity contribution < 1.29 is 14.6 Å². The monoisotopic (exact) mass is 223 g/mol. The zero-order valence-electron chi connectivity index (χ0n) is 9.73. The fraction of sp³-hybridized carbons (Fsp3) is 0.417. The normalized spacial score (nSPS) is 14.0. The number of ether oxygens (including phenoxy) is 1. The molecule has 0 heterocycles. The minimum atomic E-state index is -0.807. The number of alkyl carbamates (subject to hydrolysis) is 1. The molecule has 0 aliphatic carbocycles. The van der Waals surface area contributed by atoms with E-state index in [1.165, 1.54) is 7.05 Å². The van der Waals surface area contributed by atoms with Gasteiger partial charge < -0.3 is 15.2 Å². The third-order valence-corrected chi connectivity index (χ3v) is 2.45. The molecule has 0 radical (unpaired) electrons. The molecule has 2 atom stereocenters. The molecule has 88 valence electrons. The molecule has 4 heteroatoms. The highest BCUT2D eigenvalue weighted by Crippen LogP contribution is 2.22. The summed E-state index contributed by atoms with van der Waals surface area (Å²) in [5.74, 6) is 0. The molecule has 4 nitrogen and oxygen atoms in total. The molecule has 0 spiro atoms. The van der Waals surface area contributed by atoms with E-state index in [2.05, 4.69) is 5.32 Å². The fourth-order valence-corrected chi connectivity index (χ4v) is 1.46. The van der Waals surface area contributed by atoms with Crippen molar-refractivity contribution in [2.24, 2.45) is 0 Å². The quantitative estimate of drug-likeness (QED) is 0.821. The van der Waals surface area contributed by atoms with Crippen LogP contribution in [0.1, 0.15) is 24.2 Å². The molecule has 1 aromatic carbocycles. The smallest absolute Gasteiger partial charge is 0.407 e. The Morgan fingerprint density at radius 3 is 2.62 bits per heavy atom. The molecule has 0 aromatic heterocycles. The van der Waals surface area contributed by atoms with Crippen LogP contribution in [-0.2, 0) is 4.74 Å². The van der Waals surface area contributed by atoms with E-state index < -0.39 is 18.3 Å². The summed E-state index contributed by atoms with van der Waals surface area (Å²) in [4.78, 5) is 11.0. The summed E-state index contributed by atoms with van der Waals surface area (Å²) in [5, 5.41) is 12.4. The van der Waals surface area contributed by atoms with E-state index in [-0.39, 0.29) is 0 Å². The Balaban J connectivity index is 2.74. The fourth-order valence-electron chi connectivity index (χ4n) is 1.46. The number of hydrogen-bond donors (Lipinski definition) is 2. The predicted octanol–water partition coefficient (Wildman–Crippen LogP) is 1.77. The van der Waals surface area contributed by atoms with Crippen molar-refractivity contribution in [3.63, 3.8) is 0 Å². The van der Waals surface area contributed by atoms with Gasteiger partial charge in [-0.3, -0.25) is 0 Å². The highest BCUT2D eigenvalue weighted by molar-refractivity contribution is 5.66. The molecule has 0 aliphatic heterocycles. The number of aliphatic hydroxyl groups is 1. The van der Waals surface area contributed by atoms with Crippen molar-refractivity contribution in [2.45, 2.75) is 26.1 Å². The number of rotatable bonds is 3. The first-order chi connectivity index (χ1) is 7.56. The third-order valence-electron chi connectivity index (χ3n) is 2.45. The van der Waals surface area contributed by atoms with Crippen LogP contribution in [0.15, 0.2) is 24.3 Å². The van der Waals surface area contributed by atoms with Crippen LogP contribution < -0.4 is 5.32 Å². The zero-order valence-corrected chi connectivity index (χ0v) is 9.73. The van der Waals surface area contributed by atoms with Crippen LogP contribution in [-0.4, -0.2) is 24.4 Å². The van der Waals surface area contributed by atoms with Crippen LogP contribution in [0.4, 0.5) is 4.79 Å². The minimum absolute atomic E-state index is 0.542. The second-order valence-electron chi connectivity index (χ2n) is 3.66. The average molecular weight is 223 g/mol. The summed E-state index contributed by atoms with van der Waals surface area (Å²) in [7, 11) is 1.48. The lowest BCUT2D eigenvalue weighted by Crippen LogP contribution is -2.28. The van der Waals surface area contributed by atoms with Crippen molar-refractivity contribution in [2.75, 3.05) is 7.05 Å². The molecule has 0 saturated carbocycles. The largest absolute Gasteiger partial charge is 0.443 e. The van der Waals surface area contributed by atoms with Crippen molar-refractivity contribution in [1.82, 2.24) is 5.32 Å². The van der Waals surface area contributed by atoms with Crippen LogP contribution in [0.3, 0.4) is 0 Å². The van der Waals surface area contributed by atoms with Gasteiger partial charge in [-0.05, 0) is 25.0 Å². The van der Waals surface area contributed by atoms with E-state index in [4.69, 9.17) is 4.74 Å². The lowest BCUT2D eigenvalue weighted by atomic mass is 10.0. The van der Waals surface area contributed by atoms with Crippen molar-refractivity contribution >= 4 is 6.09 Å². The van der Waals surface area contributed by atoms with Crippen LogP contribution in [0, 0.1) is 6.92 Å². The second-order valence-corrected chi connectivity index (χ2v) is 3.66. The molecule has 2 N–H and O–H groups in total. The number of carbonyl (C=O) groups excluding carboxylic acids is 1. The molecule has 0 saturated heterocycles. The minimum Gasteiger partial charge on any atom is -0.443 e. The number of aliphatic hydroxyl groups excluding tert-OH is 1. The van der Waals surface area contributed by atoms with Crippen molar-refractivity contribution in [3.05, 3.63) is 35.4 Å². The van der Waals surface area contributed by atoms with Crippen molar-refractivity contribution in [3.8, 4) is 0 Å². The topological polar surface area (TPSA) is 58.6 Å².